The minimum Gasteiger partial charge on any atom is -0.380 e. The number of carbonyl (C=O) groups is 1. The van der Waals surface area contributed by atoms with Gasteiger partial charge < -0.3 is 20.3 Å². The number of likely N-dealkylation sites (tertiary alicyclic amines) is 1. The van der Waals surface area contributed by atoms with Gasteiger partial charge in [-0.2, -0.15) is 0 Å². The maximum Gasteiger partial charge on any atom is 0.253 e. The van der Waals surface area contributed by atoms with Crippen LogP contribution in [-0.2, 0) is 4.74 Å². The van der Waals surface area contributed by atoms with Gasteiger partial charge in [0.15, 0.2) is 5.13 Å². The van der Waals surface area contributed by atoms with E-state index in [2.05, 4.69) is 20.6 Å². The Balaban J connectivity index is 1.06. The van der Waals surface area contributed by atoms with Gasteiger partial charge in [0.1, 0.15) is 0 Å². The summed E-state index contributed by atoms with van der Waals surface area (Å²) in [6.07, 6.45) is 8.86. The summed E-state index contributed by atoms with van der Waals surface area (Å²) in [7, 11) is 0. The number of ether oxygens (including phenoxy) is 1. The third kappa shape index (κ3) is 4.15. The molecule has 3 aliphatic rings. The molecule has 2 aromatic heterocycles. The maximum absolute atomic E-state index is 12.8. The van der Waals surface area contributed by atoms with E-state index in [0.717, 1.165) is 71.4 Å². The van der Waals surface area contributed by atoms with Crippen molar-refractivity contribution in [3.05, 3.63) is 36.2 Å². The normalized spacial score (nSPS) is 23.4. The molecule has 2 aliphatic heterocycles. The second-order valence-corrected chi connectivity index (χ2v) is 11.2. The number of anilines is 2. The van der Waals surface area contributed by atoms with E-state index in [-0.39, 0.29) is 11.3 Å². The smallest absolute Gasteiger partial charge is 0.253 e. The fourth-order valence-electron chi connectivity index (χ4n) is 4.88. The van der Waals surface area contributed by atoms with Crippen LogP contribution in [0.15, 0.2) is 35.5 Å². The molecule has 1 aromatic carbocycles. The molecule has 0 bridgehead atoms. The predicted molar refractivity (Wildman–Crippen MR) is 131 cm³/mol. The molecule has 1 spiro atoms. The Kier molecular flexibility index (Phi) is 5.38. The number of nitrogens with one attached hydrogen (secondary N) is 2. The molecule has 1 amide bonds. The largest absolute Gasteiger partial charge is 0.380 e. The van der Waals surface area contributed by atoms with E-state index in [0.29, 0.717) is 18.0 Å². The summed E-state index contributed by atoms with van der Waals surface area (Å²) in [6.45, 7) is 3.19. The quantitative estimate of drug-likeness (QED) is 0.514. The van der Waals surface area contributed by atoms with Gasteiger partial charge >= 0.3 is 0 Å². The molecule has 8 nitrogen and oxygen atoms in total. The number of hydrogen-bond acceptors (Lipinski definition) is 9. The second kappa shape index (κ2) is 8.41. The summed E-state index contributed by atoms with van der Waals surface area (Å²) in [4.78, 5) is 29.4. The third-order valence-electron chi connectivity index (χ3n) is 6.75. The molecule has 6 rings (SSSR count). The second-order valence-electron chi connectivity index (χ2n) is 9.30. The first kappa shape index (κ1) is 21.1. The van der Waals surface area contributed by atoms with Crippen LogP contribution in [0.2, 0.25) is 0 Å². The molecule has 1 aliphatic carbocycles. The van der Waals surface area contributed by atoms with Crippen molar-refractivity contribution in [2.24, 2.45) is 5.41 Å². The van der Waals surface area contributed by atoms with Gasteiger partial charge in [0, 0.05) is 48.0 Å². The topological polar surface area (TPSA) is 92.3 Å². The maximum atomic E-state index is 12.8. The molecular weight excluding hydrogens is 456 g/mol. The highest BCUT2D eigenvalue weighted by atomic mass is 32.2. The van der Waals surface area contributed by atoms with E-state index < -0.39 is 0 Å². The summed E-state index contributed by atoms with van der Waals surface area (Å²) >= 11 is 3.26. The molecule has 172 valence electrons. The first-order valence-electron chi connectivity index (χ1n) is 11.3. The van der Waals surface area contributed by atoms with E-state index in [1.54, 1.807) is 23.1 Å². The fraction of sp³-hybridized carbons (Fsp3) is 0.478. The van der Waals surface area contributed by atoms with Gasteiger partial charge in [-0.05, 0) is 43.7 Å². The van der Waals surface area contributed by atoms with Crippen LogP contribution in [0.1, 0.15) is 29.6 Å². The number of thiazole rings is 1. The van der Waals surface area contributed by atoms with Crippen molar-refractivity contribution in [2.75, 3.05) is 43.2 Å². The highest BCUT2D eigenvalue weighted by molar-refractivity contribution is 7.98. The van der Waals surface area contributed by atoms with Crippen molar-refractivity contribution >= 4 is 50.3 Å². The van der Waals surface area contributed by atoms with Crippen LogP contribution < -0.4 is 10.6 Å². The predicted octanol–water partition coefficient (Wildman–Crippen LogP) is 3.73. The molecule has 10 heteroatoms. The Hall–Kier alpha value is -2.43. The van der Waals surface area contributed by atoms with E-state index in [1.807, 2.05) is 41.7 Å². The zero-order valence-corrected chi connectivity index (χ0v) is 20.0. The van der Waals surface area contributed by atoms with E-state index >= 15 is 0 Å². The van der Waals surface area contributed by atoms with Gasteiger partial charge in [-0.1, -0.05) is 11.3 Å². The number of carbonyl (C=O) groups excluding carboxylic acids is 1. The number of hydrogen-bond donors (Lipinski definition) is 2. The molecule has 4 heterocycles. The monoisotopic (exact) mass is 482 g/mol. The van der Waals surface area contributed by atoms with Crippen molar-refractivity contribution in [1.29, 1.82) is 0 Å². The summed E-state index contributed by atoms with van der Waals surface area (Å²) in [5.41, 5.74) is 1.91. The Morgan fingerprint density at radius 1 is 1.18 bits per heavy atom. The average molecular weight is 483 g/mol. The van der Waals surface area contributed by atoms with Gasteiger partial charge in [0.25, 0.3) is 5.91 Å². The number of nitrogens with zero attached hydrogens (tertiary/aromatic N) is 4. The van der Waals surface area contributed by atoms with Gasteiger partial charge in [-0.15, -0.1) is 11.8 Å². The average Bonchev–Trinajstić information content (AvgIpc) is 3.37. The van der Waals surface area contributed by atoms with Crippen molar-refractivity contribution in [3.63, 3.8) is 0 Å². The van der Waals surface area contributed by atoms with Crippen LogP contribution in [0.4, 0.5) is 11.1 Å². The van der Waals surface area contributed by atoms with Crippen LogP contribution >= 0.6 is 23.1 Å². The number of amides is 1. The van der Waals surface area contributed by atoms with Crippen LogP contribution in [0.3, 0.4) is 0 Å². The summed E-state index contributed by atoms with van der Waals surface area (Å²) in [5, 5.41) is 7.96. The lowest BCUT2D eigenvalue weighted by Gasteiger charge is -2.54. The number of benzene rings is 1. The van der Waals surface area contributed by atoms with Crippen molar-refractivity contribution in [1.82, 2.24) is 19.9 Å². The Morgan fingerprint density at radius 3 is 2.64 bits per heavy atom. The molecule has 2 saturated heterocycles. The molecule has 3 fully saturated rings. The molecule has 0 radical (unpaired) electrons. The lowest BCUT2D eigenvalue weighted by atomic mass is 9.78. The van der Waals surface area contributed by atoms with Gasteiger partial charge in [-0.25, -0.2) is 15.0 Å². The van der Waals surface area contributed by atoms with Crippen molar-refractivity contribution in [2.45, 2.75) is 36.2 Å². The zero-order valence-electron chi connectivity index (χ0n) is 18.4. The first-order chi connectivity index (χ1) is 16.1. The molecule has 1 unspecified atom stereocenters. The summed E-state index contributed by atoms with van der Waals surface area (Å²) in [5.74, 6) is 0.795. The molecule has 2 N–H and O–H groups in total. The SMILES string of the molecule is CSc1cnc(N[C@H]2CCC(Nc3nc4ccc(C(=O)N5CC6(COC6)C5)cc4s3)C2)nc1. The van der Waals surface area contributed by atoms with Gasteiger partial charge in [0.05, 0.1) is 28.8 Å². The molecule has 33 heavy (non-hydrogen) atoms. The van der Waals surface area contributed by atoms with Crippen LogP contribution in [-0.4, -0.2) is 70.4 Å². The minimum atomic E-state index is 0.106. The molecule has 3 aromatic rings. The van der Waals surface area contributed by atoms with E-state index in [9.17, 15) is 4.79 Å². The van der Waals surface area contributed by atoms with Crippen molar-refractivity contribution in [3.8, 4) is 0 Å². The number of rotatable bonds is 6. The molecule has 1 saturated carbocycles. The standard InChI is InChI=1S/C23H26N6O2S2/c1-32-17-8-24-21(25-9-17)26-15-3-4-16(7-15)27-22-28-18-5-2-14(6-19(18)33-22)20(30)29-10-23(11-29)12-31-13-23/h2,5-6,8-9,15-16H,3-4,7,10-13H2,1H3,(H,27,28)(H,24,25,26)/t15-,16?/m0/s1. The van der Waals surface area contributed by atoms with Crippen molar-refractivity contribution < 1.29 is 9.53 Å². The van der Waals surface area contributed by atoms with Crippen LogP contribution in [0, 0.1) is 5.41 Å². The third-order valence-corrected chi connectivity index (χ3v) is 8.38. The van der Waals surface area contributed by atoms with Gasteiger partial charge in [0.2, 0.25) is 5.95 Å². The molecule has 2 atom stereocenters. The number of aromatic nitrogens is 3. The van der Waals surface area contributed by atoms with Crippen LogP contribution in [0.5, 0.6) is 0 Å². The highest BCUT2D eigenvalue weighted by Crippen LogP contribution is 2.38. The minimum absolute atomic E-state index is 0.106. The summed E-state index contributed by atoms with van der Waals surface area (Å²) < 4.78 is 6.35. The summed E-state index contributed by atoms with van der Waals surface area (Å²) in [6, 6.07) is 6.55. The van der Waals surface area contributed by atoms with Gasteiger partial charge in [-0.3, -0.25) is 4.79 Å². The number of thioether (sulfide) groups is 1. The lowest BCUT2D eigenvalue weighted by molar-refractivity contribution is -0.176. The zero-order chi connectivity index (χ0) is 22.4. The van der Waals surface area contributed by atoms with E-state index in [1.165, 1.54) is 0 Å². The Morgan fingerprint density at radius 2 is 1.94 bits per heavy atom. The Bertz CT molecular complexity index is 1170. The highest BCUT2D eigenvalue weighted by Gasteiger charge is 2.50. The van der Waals surface area contributed by atoms with Crippen LogP contribution in [0.25, 0.3) is 10.2 Å². The molecular formula is C23H26N6O2S2. The lowest BCUT2D eigenvalue weighted by Crippen LogP contribution is -2.67. The van der Waals surface area contributed by atoms with E-state index in [4.69, 9.17) is 9.72 Å². The fourth-order valence-corrected chi connectivity index (χ4v) is 6.18. The Labute approximate surface area is 200 Å². The first-order valence-corrected chi connectivity index (χ1v) is 13.3. The number of fused-ring (bicyclic) bond motifs is 1.